The van der Waals surface area contributed by atoms with Gasteiger partial charge in [-0.3, -0.25) is 4.57 Å². The van der Waals surface area contributed by atoms with Gasteiger partial charge in [-0.25, -0.2) is 0 Å². The monoisotopic (exact) mass is 264 g/mol. The number of unbranched alkanes of at least 4 members (excludes halogenated alkanes) is 1. The lowest BCUT2D eigenvalue weighted by molar-refractivity contribution is 0.272. The van der Waals surface area contributed by atoms with Crippen LogP contribution in [0.15, 0.2) is 24.3 Å². The molecule has 0 aliphatic rings. The molecule has 0 fully saturated rings. The van der Waals surface area contributed by atoms with Crippen molar-refractivity contribution in [3.63, 3.8) is 0 Å². The largest absolute Gasteiger partial charge is 0.326 e. The molecule has 3 nitrogen and oxygen atoms in total. The summed E-state index contributed by atoms with van der Waals surface area (Å²) in [5.74, 6) is 0. The lowest BCUT2D eigenvalue weighted by atomic mass is 10.2. The van der Waals surface area contributed by atoms with Gasteiger partial charge in [-0.1, -0.05) is 50.4 Å². The maximum Gasteiger partial charge on any atom is 0.316 e. The summed E-state index contributed by atoms with van der Waals surface area (Å²) in [5.41, 5.74) is 0.787. The maximum absolute atomic E-state index is 10.2. The standard InChI is InChI=1S/C7H8ClO3P.C4H10/c8-7-3-1-2-6(4-7)5-11-12(9)10;1-3-4-2/h1-4,12H,5H2,(H,9,10);3-4H2,1-2H3. The summed E-state index contributed by atoms with van der Waals surface area (Å²) in [6.45, 7) is 4.48. The number of rotatable bonds is 4. The maximum atomic E-state index is 10.2. The molecule has 0 aliphatic heterocycles. The molecule has 0 radical (unpaired) electrons. The van der Waals surface area contributed by atoms with Crippen molar-refractivity contribution in [3.8, 4) is 0 Å². The average molecular weight is 265 g/mol. The fourth-order valence-corrected chi connectivity index (χ4v) is 1.27. The third kappa shape index (κ3) is 8.93. The van der Waals surface area contributed by atoms with Gasteiger partial charge >= 0.3 is 8.25 Å². The van der Waals surface area contributed by atoms with Crippen molar-refractivity contribution in [1.29, 1.82) is 0 Å². The van der Waals surface area contributed by atoms with Crippen molar-refractivity contribution in [1.82, 2.24) is 0 Å². The average Bonchev–Trinajstić information content (AvgIpc) is 2.27. The Labute approximate surface area is 102 Å². The Balaban J connectivity index is 0.000000487. The molecule has 1 aromatic carbocycles. The SMILES string of the molecule is CCCC.O=[PH](O)OCc1cccc(Cl)c1. The van der Waals surface area contributed by atoms with Gasteiger partial charge in [-0.05, 0) is 17.7 Å². The fourth-order valence-electron chi connectivity index (χ4n) is 0.772. The first-order chi connectivity index (χ1) is 7.60. The van der Waals surface area contributed by atoms with Crippen LogP contribution in [0.2, 0.25) is 5.02 Å². The molecular weight excluding hydrogens is 247 g/mol. The predicted octanol–water partition coefficient (Wildman–Crippen LogP) is 4.05. The van der Waals surface area contributed by atoms with Crippen LogP contribution in [0.4, 0.5) is 0 Å². The van der Waals surface area contributed by atoms with Gasteiger partial charge in [0.2, 0.25) is 0 Å². The van der Waals surface area contributed by atoms with E-state index in [0.717, 1.165) is 5.56 Å². The minimum Gasteiger partial charge on any atom is -0.326 e. The van der Waals surface area contributed by atoms with Crippen molar-refractivity contribution < 1.29 is 14.0 Å². The summed E-state index contributed by atoms with van der Waals surface area (Å²) in [5, 5.41) is 0.591. The smallest absolute Gasteiger partial charge is 0.316 e. The minimum absolute atomic E-state index is 0.120. The second-order valence-corrected chi connectivity index (χ2v) is 4.44. The fraction of sp³-hybridized carbons (Fsp3) is 0.455. The first kappa shape index (κ1) is 15.7. The highest BCUT2D eigenvalue weighted by molar-refractivity contribution is 7.32. The van der Waals surface area contributed by atoms with Gasteiger partial charge in [-0.15, -0.1) is 0 Å². The molecule has 0 aromatic heterocycles. The normalized spacial score (nSPS) is 11.5. The van der Waals surface area contributed by atoms with Gasteiger partial charge in [-0.2, -0.15) is 0 Å². The quantitative estimate of drug-likeness (QED) is 0.835. The first-order valence-corrected chi connectivity index (χ1v) is 6.84. The second-order valence-electron chi connectivity index (χ2n) is 3.18. The van der Waals surface area contributed by atoms with Crippen LogP contribution in [0.1, 0.15) is 32.3 Å². The highest BCUT2D eigenvalue weighted by Crippen LogP contribution is 2.19. The number of hydrogen-bond donors (Lipinski definition) is 1. The van der Waals surface area contributed by atoms with E-state index in [-0.39, 0.29) is 6.61 Å². The molecule has 92 valence electrons. The van der Waals surface area contributed by atoms with Crippen molar-refractivity contribution >= 4 is 19.9 Å². The summed E-state index contributed by atoms with van der Waals surface area (Å²) in [7, 11) is -2.84. The van der Waals surface area contributed by atoms with E-state index in [1.165, 1.54) is 12.8 Å². The third-order valence-electron chi connectivity index (χ3n) is 1.75. The van der Waals surface area contributed by atoms with E-state index >= 15 is 0 Å². The molecule has 0 aliphatic carbocycles. The van der Waals surface area contributed by atoms with Gasteiger partial charge in [0.05, 0.1) is 6.61 Å². The van der Waals surface area contributed by atoms with Crippen molar-refractivity contribution in [3.05, 3.63) is 34.9 Å². The molecule has 0 bridgehead atoms. The Bertz CT molecular complexity index is 316. The minimum atomic E-state index is -2.84. The van der Waals surface area contributed by atoms with Crippen LogP contribution < -0.4 is 0 Å². The van der Waals surface area contributed by atoms with E-state index in [0.29, 0.717) is 5.02 Å². The van der Waals surface area contributed by atoms with Crippen LogP contribution in [-0.2, 0) is 15.7 Å². The summed E-state index contributed by atoms with van der Waals surface area (Å²) in [6, 6.07) is 6.95. The van der Waals surface area contributed by atoms with Gasteiger partial charge < -0.3 is 9.42 Å². The van der Waals surface area contributed by atoms with Crippen LogP contribution in [0.5, 0.6) is 0 Å². The molecular formula is C11H18ClO3P. The lowest BCUT2D eigenvalue weighted by Gasteiger charge is -1.99. The number of hydrogen-bond acceptors (Lipinski definition) is 2. The summed E-state index contributed by atoms with van der Waals surface area (Å²) < 4.78 is 14.7. The molecule has 0 saturated carbocycles. The molecule has 0 spiro atoms. The Kier molecular flexibility index (Phi) is 9.65. The van der Waals surface area contributed by atoms with E-state index in [1.54, 1.807) is 24.3 Å². The molecule has 1 rings (SSSR count). The summed E-state index contributed by atoms with van der Waals surface area (Å²) in [4.78, 5) is 8.37. The predicted molar refractivity (Wildman–Crippen MR) is 68.0 cm³/mol. The highest BCUT2D eigenvalue weighted by Gasteiger charge is 1.96. The zero-order valence-electron chi connectivity index (χ0n) is 9.57. The van der Waals surface area contributed by atoms with Crippen LogP contribution in [-0.4, -0.2) is 4.89 Å². The third-order valence-corrected chi connectivity index (χ3v) is 2.38. The molecule has 1 aromatic rings. The topological polar surface area (TPSA) is 46.5 Å². The summed E-state index contributed by atoms with van der Waals surface area (Å²) in [6.07, 6.45) is 2.64. The lowest BCUT2D eigenvalue weighted by Crippen LogP contribution is -1.84. The highest BCUT2D eigenvalue weighted by atomic mass is 35.5. The second kappa shape index (κ2) is 9.86. The zero-order chi connectivity index (χ0) is 12.4. The first-order valence-electron chi connectivity index (χ1n) is 5.20. The van der Waals surface area contributed by atoms with Crippen molar-refractivity contribution in [2.45, 2.75) is 33.3 Å². The Hall–Kier alpha value is -0.340. The Morgan fingerprint density at radius 2 is 2.00 bits per heavy atom. The number of benzene rings is 1. The van der Waals surface area contributed by atoms with Gasteiger partial charge in [0.1, 0.15) is 0 Å². The Morgan fingerprint density at radius 3 is 2.44 bits per heavy atom. The molecule has 0 amide bonds. The van der Waals surface area contributed by atoms with E-state index in [4.69, 9.17) is 16.5 Å². The van der Waals surface area contributed by atoms with Crippen LogP contribution in [0, 0.1) is 0 Å². The summed E-state index contributed by atoms with van der Waals surface area (Å²) >= 11 is 5.67. The van der Waals surface area contributed by atoms with Crippen LogP contribution in [0.25, 0.3) is 0 Å². The van der Waals surface area contributed by atoms with E-state index < -0.39 is 8.25 Å². The molecule has 1 atom stereocenters. The zero-order valence-corrected chi connectivity index (χ0v) is 11.3. The van der Waals surface area contributed by atoms with Crippen molar-refractivity contribution in [2.75, 3.05) is 0 Å². The molecule has 0 heterocycles. The van der Waals surface area contributed by atoms with Crippen molar-refractivity contribution in [2.24, 2.45) is 0 Å². The van der Waals surface area contributed by atoms with Crippen LogP contribution >= 0.6 is 19.9 Å². The molecule has 5 heteroatoms. The van der Waals surface area contributed by atoms with Gasteiger partial charge in [0, 0.05) is 5.02 Å². The molecule has 1 unspecified atom stereocenters. The van der Waals surface area contributed by atoms with Gasteiger partial charge in [0.15, 0.2) is 0 Å². The molecule has 16 heavy (non-hydrogen) atoms. The van der Waals surface area contributed by atoms with E-state index in [9.17, 15) is 4.57 Å². The molecule has 1 N–H and O–H groups in total. The van der Waals surface area contributed by atoms with E-state index in [2.05, 4.69) is 18.4 Å². The molecule has 0 saturated heterocycles. The Morgan fingerprint density at radius 1 is 1.38 bits per heavy atom. The van der Waals surface area contributed by atoms with E-state index in [1.807, 2.05) is 0 Å². The van der Waals surface area contributed by atoms with Crippen LogP contribution in [0.3, 0.4) is 0 Å². The number of halogens is 1. The van der Waals surface area contributed by atoms with Gasteiger partial charge in [0.25, 0.3) is 0 Å².